The zero-order valence-corrected chi connectivity index (χ0v) is 10.4. The van der Waals surface area contributed by atoms with Gasteiger partial charge in [0.1, 0.15) is 0 Å². The van der Waals surface area contributed by atoms with Crippen LogP contribution >= 0.6 is 15.9 Å². The van der Waals surface area contributed by atoms with Crippen LogP contribution in [0, 0.1) is 10.1 Å². The molecule has 0 radical (unpaired) electrons. The van der Waals surface area contributed by atoms with Gasteiger partial charge in [-0.15, -0.1) is 0 Å². The summed E-state index contributed by atoms with van der Waals surface area (Å²) in [6.45, 7) is 1.96. The number of hydrogen-bond acceptors (Lipinski definition) is 4. The molecule has 16 heavy (non-hydrogen) atoms. The number of rotatable bonds is 2. The molecule has 2 heterocycles. The normalized spacial score (nSPS) is 26.7. The molecule has 0 saturated carbocycles. The van der Waals surface area contributed by atoms with Crippen LogP contribution in [0.25, 0.3) is 0 Å². The number of nitrogens with zero attached hydrogens (tertiary/aromatic N) is 2. The Morgan fingerprint density at radius 2 is 2.19 bits per heavy atom. The van der Waals surface area contributed by atoms with Gasteiger partial charge in [0, 0.05) is 18.3 Å². The lowest BCUT2D eigenvalue weighted by molar-refractivity contribution is -0.429. The quantitative estimate of drug-likeness (QED) is 0.361. The van der Waals surface area contributed by atoms with Crippen molar-refractivity contribution in [2.45, 2.75) is 23.8 Å². The Morgan fingerprint density at radius 1 is 1.50 bits per heavy atom. The third-order valence-corrected chi connectivity index (χ3v) is 3.91. The van der Waals surface area contributed by atoms with Gasteiger partial charge >= 0.3 is 0 Å². The number of allylic oxidation sites excluding steroid dienone is 2. The van der Waals surface area contributed by atoms with E-state index in [-0.39, 0.29) is 15.6 Å². The van der Waals surface area contributed by atoms with Crippen LogP contribution in [0.1, 0.15) is 12.8 Å². The van der Waals surface area contributed by atoms with Gasteiger partial charge in [0.15, 0.2) is 4.95 Å². The van der Waals surface area contributed by atoms with Crippen molar-refractivity contribution < 1.29 is 4.92 Å². The highest BCUT2D eigenvalue weighted by molar-refractivity contribution is 9.09. The molecule has 5 nitrogen and oxygen atoms in total. The molecule has 2 rings (SSSR count). The highest BCUT2D eigenvalue weighted by Gasteiger charge is 2.33. The monoisotopic (exact) mass is 287 g/mol. The first kappa shape index (κ1) is 11.6. The van der Waals surface area contributed by atoms with E-state index in [1.165, 1.54) is 0 Å². The van der Waals surface area contributed by atoms with E-state index in [2.05, 4.69) is 21.2 Å². The topological polar surface area (TPSA) is 58.4 Å². The maximum atomic E-state index is 10.8. The van der Waals surface area contributed by atoms with Crippen molar-refractivity contribution in [3.8, 4) is 0 Å². The summed E-state index contributed by atoms with van der Waals surface area (Å²) >= 11 is 3.40. The van der Waals surface area contributed by atoms with Gasteiger partial charge in [-0.3, -0.25) is 10.1 Å². The van der Waals surface area contributed by atoms with Crippen LogP contribution in [0.15, 0.2) is 24.0 Å². The zero-order valence-electron chi connectivity index (χ0n) is 8.80. The van der Waals surface area contributed by atoms with Crippen LogP contribution < -0.4 is 5.32 Å². The minimum Gasteiger partial charge on any atom is -0.353 e. The second-order valence-corrected chi connectivity index (χ2v) is 4.82. The van der Waals surface area contributed by atoms with Crippen molar-refractivity contribution >= 4 is 15.9 Å². The highest BCUT2D eigenvalue weighted by atomic mass is 79.9. The van der Waals surface area contributed by atoms with Gasteiger partial charge in [-0.2, -0.15) is 0 Å². The molecule has 2 aliphatic rings. The van der Waals surface area contributed by atoms with Crippen LogP contribution in [0.4, 0.5) is 0 Å². The van der Waals surface area contributed by atoms with Gasteiger partial charge in [-0.25, -0.2) is 0 Å². The largest absolute Gasteiger partial charge is 0.353 e. The van der Waals surface area contributed by atoms with Gasteiger partial charge in [0.2, 0.25) is 0 Å². The van der Waals surface area contributed by atoms with E-state index < -0.39 is 0 Å². The average molecular weight is 288 g/mol. The summed E-state index contributed by atoms with van der Waals surface area (Å²) in [4.78, 5) is 12.2. The molecule has 1 atom stereocenters. The van der Waals surface area contributed by atoms with Gasteiger partial charge < -0.3 is 10.2 Å². The Hall–Kier alpha value is -0.880. The van der Waals surface area contributed by atoms with E-state index in [0.29, 0.717) is 6.04 Å². The third kappa shape index (κ3) is 2.27. The predicted molar refractivity (Wildman–Crippen MR) is 64.7 cm³/mol. The zero-order chi connectivity index (χ0) is 11.5. The Kier molecular flexibility index (Phi) is 3.60. The first-order chi connectivity index (χ1) is 7.70. The van der Waals surface area contributed by atoms with Crippen LogP contribution in [0.2, 0.25) is 0 Å². The fourth-order valence-corrected chi connectivity index (χ4v) is 2.90. The molecular formula is C10H14BrN3O2. The predicted octanol–water partition coefficient (Wildman–Crippen LogP) is 1.45. The summed E-state index contributed by atoms with van der Waals surface area (Å²) in [6, 6.07) is 0.380. The molecule has 1 unspecified atom stereocenters. The molecular weight excluding hydrogens is 274 g/mol. The first-order valence-corrected chi connectivity index (χ1v) is 6.26. The standard InChI is InChI=1S/C10H14BrN3O2/c11-10-9(14(15)16)2-1-7-13(10)8-3-5-12-6-4-8/h1-2,7-8,10,12H,3-6H2. The second-order valence-electron chi connectivity index (χ2n) is 3.95. The number of alkyl halides is 1. The fraction of sp³-hybridized carbons (Fsp3) is 0.600. The maximum absolute atomic E-state index is 10.8. The average Bonchev–Trinajstić information content (AvgIpc) is 2.30. The summed E-state index contributed by atoms with van der Waals surface area (Å²) in [5.74, 6) is 0. The van der Waals surface area contributed by atoms with Gasteiger partial charge in [0.05, 0.1) is 4.92 Å². The van der Waals surface area contributed by atoms with E-state index >= 15 is 0 Å². The molecule has 0 aromatic carbocycles. The van der Waals surface area contributed by atoms with E-state index in [0.717, 1.165) is 25.9 Å². The number of hydrogen-bond donors (Lipinski definition) is 1. The number of piperidine rings is 1. The van der Waals surface area contributed by atoms with Crippen LogP contribution in [-0.4, -0.2) is 33.9 Å². The summed E-state index contributed by atoms with van der Waals surface area (Å²) in [5, 5.41) is 14.1. The molecule has 0 aromatic rings. The minimum atomic E-state index is -0.322. The second kappa shape index (κ2) is 4.97. The van der Waals surface area contributed by atoms with Crippen LogP contribution in [0.5, 0.6) is 0 Å². The van der Waals surface area contributed by atoms with Gasteiger partial charge in [-0.1, -0.05) is 15.9 Å². The van der Waals surface area contributed by atoms with Crippen molar-refractivity contribution in [1.29, 1.82) is 0 Å². The van der Waals surface area contributed by atoms with Gasteiger partial charge in [0.25, 0.3) is 5.70 Å². The van der Waals surface area contributed by atoms with Crippen LogP contribution in [0.3, 0.4) is 0 Å². The Labute approximate surface area is 102 Å². The van der Waals surface area contributed by atoms with E-state index in [1.807, 2.05) is 11.1 Å². The van der Waals surface area contributed by atoms with Crippen molar-refractivity contribution in [1.82, 2.24) is 10.2 Å². The lowest BCUT2D eigenvalue weighted by Gasteiger charge is -2.36. The summed E-state index contributed by atoms with van der Waals surface area (Å²) in [7, 11) is 0. The molecule has 1 saturated heterocycles. The van der Waals surface area contributed by atoms with Crippen molar-refractivity contribution in [3.05, 3.63) is 34.2 Å². The third-order valence-electron chi connectivity index (χ3n) is 2.97. The minimum absolute atomic E-state index is 0.209. The molecule has 2 aliphatic heterocycles. The number of nitrogens with one attached hydrogen (secondary N) is 1. The molecule has 1 N–H and O–H groups in total. The number of nitro groups is 1. The van der Waals surface area contributed by atoms with E-state index in [4.69, 9.17) is 0 Å². The summed E-state index contributed by atoms with van der Waals surface area (Å²) in [6.07, 6.45) is 7.28. The summed E-state index contributed by atoms with van der Waals surface area (Å²) in [5.41, 5.74) is 0.209. The molecule has 0 aliphatic carbocycles. The van der Waals surface area contributed by atoms with Crippen molar-refractivity contribution in [2.75, 3.05) is 13.1 Å². The van der Waals surface area contributed by atoms with Crippen LogP contribution in [-0.2, 0) is 0 Å². The number of halogens is 1. The molecule has 0 amide bonds. The fourth-order valence-electron chi connectivity index (χ4n) is 2.11. The SMILES string of the molecule is O=[N+]([O-])C1=CC=CN(C2CCNCC2)C1Br. The Morgan fingerprint density at radius 3 is 2.81 bits per heavy atom. The maximum Gasteiger partial charge on any atom is 0.279 e. The lowest BCUT2D eigenvalue weighted by atomic mass is 10.0. The van der Waals surface area contributed by atoms with Crippen molar-refractivity contribution in [3.63, 3.8) is 0 Å². The van der Waals surface area contributed by atoms with E-state index in [9.17, 15) is 10.1 Å². The van der Waals surface area contributed by atoms with E-state index in [1.54, 1.807) is 12.2 Å². The molecule has 0 aromatic heterocycles. The van der Waals surface area contributed by atoms with Crippen molar-refractivity contribution in [2.24, 2.45) is 0 Å². The molecule has 0 bridgehead atoms. The van der Waals surface area contributed by atoms with Gasteiger partial charge in [-0.05, 0) is 32.0 Å². The summed E-state index contributed by atoms with van der Waals surface area (Å²) < 4.78 is 0. The Bertz CT molecular complexity index is 337. The molecule has 1 fully saturated rings. The highest BCUT2D eigenvalue weighted by Crippen LogP contribution is 2.27. The lowest BCUT2D eigenvalue weighted by Crippen LogP contribution is -2.45. The first-order valence-electron chi connectivity index (χ1n) is 5.35. The Balaban J connectivity index is 2.09. The molecule has 88 valence electrons. The smallest absolute Gasteiger partial charge is 0.279 e. The molecule has 6 heteroatoms. The molecule has 0 spiro atoms.